The number of piperazine rings is 1. The van der Waals surface area contributed by atoms with E-state index in [9.17, 15) is 13.7 Å². The molecule has 1 aromatic carbocycles. The van der Waals surface area contributed by atoms with Crippen LogP contribution in [0.3, 0.4) is 0 Å². The van der Waals surface area contributed by atoms with Gasteiger partial charge >= 0.3 is 0 Å². The molecule has 3 rings (SSSR count). The summed E-state index contributed by atoms with van der Waals surface area (Å²) in [5.41, 5.74) is 2.52. The number of sulfone groups is 1. The van der Waals surface area contributed by atoms with E-state index in [1.807, 2.05) is 23.1 Å². The minimum Gasteiger partial charge on any atom is -0.368 e. The summed E-state index contributed by atoms with van der Waals surface area (Å²) in [6.45, 7) is 5.89. The van der Waals surface area contributed by atoms with E-state index in [4.69, 9.17) is 0 Å². The molecule has 0 amide bonds. The van der Waals surface area contributed by atoms with Crippen LogP contribution in [0.1, 0.15) is 12.5 Å². The monoisotopic (exact) mass is 334 g/mol. The smallest absolute Gasteiger partial charge is 0.153 e. The van der Waals surface area contributed by atoms with Crippen molar-refractivity contribution in [3.8, 4) is 6.07 Å². The summed E-state index contributed by atoms with van der Waals surface area (Å²) >= 11 is 0. The predicted octanol–water partition coefficient (Wildman–Crippen LogP) is 0.591. The molecule has 0 aromatic heterocycles. The zero-order chi connectivity index (χ0) is 16.4. The molecule has 2 heterocycles. The minimum atomic E-state index is -2.92. The molecule has 0 saturated carbocycles. The number of benzene rings is 1. The molecule has 2 fully saturated rings. The molecule has 2 aliphatic heterocycles. The van der Waals surface area contributed by atoms with Gasteiger partial charge in [-0.15, -0.1) is 0 Å². The number of hydrogen-bond acceptors (Lipinski definition) is 6. The molecule has 2 aliphatic rings. The van der Waals surface area contributed by atoms with E-state index in [1.165, 1.54) is 0 Å². The third kappa shape index (κ3) is 3.43. The van der Waals surface area contributed by atoms with Gasteiger partial charge in [-0.2, -0.15) is 5.26 Å². The van der Waals surface area contributed by atoms with Gasteiger partial charge in [-0.1, -0.05) is 0 Å². The highest BCUT2D eigenvalue weighted by Crippen LogP contribution is 2.28. The first-order chi connectivity index (χ1) is 11.0. The van der Waals surface area contributed by atoms with Crippen molar-refractivity contribution >= 4 is 21.2 Å². The van der Waals surface area contributed by atoms with Crippen LogP contribution in [0.25, 0.3) is 0 Å². The number of nitrogens with zero attached hydrogens (tertiary/aromatic N) is 3. The van der Waals surface area contributed by atoms with E-state index in [1.54, 1.807) is 0 Å². The van der Waals surface area contributed by atoms with Crippen LogP contribution in [0.15, 0.2) is 18.2 Å². The molecule has 7 heteroatoms. The van der Waals surface area contributed by atoms with Gasteiger partial charge < -0.3 is 15.1 Å². The first-order valence-corrected chi connectivity index (χ1v) is 9.79. The van der Waals surface area contributed by atoms with E-state index in [-0.39, 0.29) is 11.5 Å². The topological polar surface area (TPSA) is 76.4 Å². The highest BCUT2D eigenvalue weighted by atomic mass is 32.2. The molecule has 124 valence electrons. The molecule has 2 saturated heterocycles. The van der Waals surface area contributed by atoms with Crippen molar-refractivity contribution in [3.05, 3.63) is 23.8 Å². The Hall–Kier alpha value is -1.78. The van der Waals surface area contributed by atoms with E-state index >= 15 is 0 Å². The quantitative estimate of drug-likeness (QED) is 0.853. The molecule has 1 aromatic rings. The molecule has 1 N–H and O–H groups in total. The lowest BCUT2D eigenvalue weighted by molar-refractivity contribution is 0.501. The van der Waals surface area contributed by atoms with Gasteiger partial charge in [0.1, 0.15) is 6.07 Å². The van der Waals surface area contributed by atoms with Gasteiger partial charge in [-0.05, 0) is 25.1 Å². The summed E-state index contributed by atoms with van der Waals surface area (Å²) < 4.78 is 23.1. The standard InChI is InChI=1S/C16H22N4O2S/c1-13-12-18-4-5-20(13)15-2-3-16(14(10-15)11-17)19-6-8-23(21,22)9-7-19/h2-3,10,13,18H,4-9,12H2,1H3/t13-/m0/s1. The lowest BCUT2D eigenvalue weighted by Crippen LogP contribution is -2.50. The molecule has 0 bridgehead atoms. The van der Waals surface area contributed by atoms with Crippen LogP contribution in [0.4, 0.5) is 11.4 Å². The molecular weight excluding hydrogens is 312 g/mol. The van der Waals surface area contributed by atoms with Crippen molar-refractivity contribution in [1.29, 1.82) is 5.26 Å². The largest absolute Gasteiger partial charge is 0.368 e. The molecule has 0 aliphatic carbocycles. The van der Waals surface area contributed by atoms with Crippen LogP contribution in [0.5, 0.6) is 0 Å². The van der Waals surface area contributed by atoms with Crippen LogP contribution < -0.4 is 15.1 Å². The summed E-state index contributed by atoms with van der Waals surface area (Å²) in [6.07, 6.45) is 0. The summed E-state index contributed by atoms with van der Waals surface area (Å²) in [5.74, 6) is 0.322. The van der Waals surface area contributed by atoms with Gasteiger partial charge in [0, 0.05) is 44.5 Å². The Balaban J connectivity index is 1.84. The predicted molar refractivity (Wildman–Crippen MR) is 91.7 cm³/mol. The van der Waals surface area contributed by atoms with Crippen LogP contribution in [0, 0.1) is 11.3 Å². The fourth-order valence-corrected chi connectivity index (χ4v) is 4.45. The van der Waals surface area contributed by atoms with Crippen molar-refractivity contribution in [1.82, 2.24) is 5.32 Å². The van der Waals surface area contributed by atoms with Crippen molar-refractivity contribution in [2.24, 2.45) is 0 Å². The van der Waals surface area contributed by atoms with Crippen molar-refractivity contribution < 1.29 is 8.42 Å². The zero-order valence-corrected chi connectivity index (χ0v) is 14.1. The SMILES string of the molecule is C[C@H]1CNCCN1c1ccc(N2CCS(=O)(=O)CC2)c(C#N)c1. The Morgan fingerprint density at radius 3 is 2.65 bits per heavy atom. The summed E-state index contributed by atoms with van der Waals surface area (Å²) in [4.78, 5) is 4.31. The highest BCUT2D eigenvalue weighted by molar-refractivity contribution is 7.91. The molecule has 0 unspecified atom stereocenters. The molecule has 23 heavy (non-hydrogen) atoms. The Bertz CT molecular complexity index is 712. The number of nitriles is 1. The van der Waals surface area contributed by atoms with Crippen molar-refractivity contribution in [2.75, 3.05) is 54.0 Å². The second-order valence-corrected chi connectivity index (χ2v) is 8.50. The molecule has 1 atom stereocenters. The van der Waals surface area contributed by atoms with Crippen LogP contribution in [-0.2, 0) is 9.84 Å². The summed E-state index contributed by atoms with van der Waals surface area (Å²) in [7, 11) is -2.92. The zero-order valence-electron chi connectivity index (χ0n) is 13.3. The third-order valence-electron chi connectivity index (χ3n) is 4.62. The van der Waals surface area contributed by atoms with Gasteiger partial charge in [0.15, 0.2) is 9.84 Å². The maximum absolute atomic E-state index is 11.6. The fraction of sp³-hybridized carbons (Fsp3) is 0.562. The Morgan fingerprint density at radius 1 is 1.26 bits per heavy atom. The summed E-state index contributed by atoms with van der Waals surface area (Å²) in [6, 6.07) is 8.60. The van der Waals surface area contributed by atoms with Crippen molar-refractivity contribution in [3.63, 3.8) is 0 Å². The second-order valence-electron chi connectivity index (χ2n) is 6.20. The fourth-order valence-electron chi connectivity index (χ4n) is 3.25. The van der Waals surface area contributed by atoms with Crippen molar-refractivity contribution in [2.45, 2.75) is 13.0 Å². The minimum absolute atomic E-state index is 0.161. The molecule has 0 spiro atoms. The van der Waals surface area contributed by atoms with Gasteiger partial charge in [0.25, 0.3) is 0 Å². The van der Waals surface area contributed by atoms with E-state index in [2.05, 4.69) is 23.2 Å². The average Bonchev–Trinajstić information content (AvgIpc) is 2.55. The maximum Gasteiger partial charge on any atom is 0.153 e. The van der Waals surface area contributed by atoms with E-state index < -0.39 is 9.84 Å². The first kappa shape index (κ1) is 16.1. The molecular formula is C16H22N4O2S. The first-order valence-electron chi connectivity index (χ1n) is 7.97. The van der Waals surface area contributed by atoms with Gasteiger partial charge in [-0.25, -0.2) is 8.42 Å². The lowest BCUT2D eigenvalue weighted by atomic mass is 10.1. The molecule has 6 nitrogen and oxygen atoms in total. The normalized spacial score (nSPS) is 24.3. The van der Waals surface area contributed by atoms with Crippen LogP contribution in [0.2, 0.25) is 0 Å². The van der Waals surface area contributed by atoms with Crippen LogP contribution in [-0.4, -0.2) is 58.7 Å². The number of anilines is 2. The molecule has 0 radical (unpaired) electrons. The van der Waals surface area contributed by atoms with Crippen LogP contribution >= 0.6 is 0 Å². The second kappa shape index (κ2) is 6.38. The number of rotatable bonds is 2. The number of hydrogen-bond donors (Lipinski definition) is 1. The van der Waals surface area contributed by atoms with Gasteiger partial charge in [0.2, 0.25) is 0 Å². The average molecular weight is 334 g/mol. The van der Waals surface area contributed by atoms with Gasteiger partial charge in [-0.3, -0.25) is 0 Å². The third-order valence-corrected chi connectivity index (χ3v) is 6.23. The summed E-state index contributed by atoms with van der Waals surface area (Å²) in [5, 5.41) is 12.9. The van der Waals surface area contributed by atoms with Gasteiger partial charge in [0.05, 0.1) is 22.8 Å². The Morgan fingerprint density at radius 2 is 2.00 bits per heavy atom. The Kier molecular flexibility index (Phi) is 4.46. The highest BCUT2D eigenvalue weighted by Gasteiger charge is 2.24. The lowest BCUT2D eigenvalue weighted by Gasteiger charge is -2.36. The van der Waals surface area contributed by atoms with E-state index in [0.29, 0.717) is 24.7 Å². The maximum atomic E-state index is 11.6. The Labute approximate surface area is 137 Å². The number of nitrogens with one attached hydrogen (secondary N) is 1. The van der Waals surface area contributed by atoms with E-state index in [0.717, 1.165) is 31.0 Å².